The van der Waals surface area contributed by atoms with Gasteiger partial charge in [0.05, 0.1) is 35.6 Å². The topological polar surface area (TPSA) is 56.8 Å². The lowest BCUT2D eigenvalue weighted by Crippen LogP contribution is -2.30. The molecule has 2 bridgehead atoms. The van der Waals surface area contributed by atoms with E-state index in [-0.39, 0.29) is 18.1 Å². The first-order valence-electron chi connectivity index (χ1n) is 8.77. The number of benzene rings is 2. The van der Waals surface area contributed by atoms with E-state index in [0.29, 0.717) is 38.7 Å². The Balaban J connectivity index is 1.55. The quantitative estimate of drug-likeness (QED) is 0.772. The van der Waals surface area contributed by atoms with Crippen molar-refractivity contribution in [3.8, 4) is 11.5 Å². The largest absolute Gasteiger partial charge is 0.493 e. The van der Waals surface area contributed by atoms with Gasteiger partial charge >= 0.3 is 0 Å². The molecule has 7 heteroatoms. The highest BCUT2D eigenvalue weighted by Gasteiger charge is 2.42. The fraction of sp³-hybridized carbons (Fsp3) is 0.350. The van der Waals surface area contributed by atoms with Crippen molar-refractivity contribution in [2.24, 2.45) is 5.92 Å². The first kappa shape index (κ1) is 18.4. The smallest absolute Gasteiger partial charge is 0.255 e. The average Bonchev–Trinajstić information content (AvgIpc) is 3.28. The highest BCUT2D eigenvalue weighted by atomic mass is 35.5. The molecular formula is C20H19Cl2NO4. The van der Waals surface area contributed by atoms with Crippen LogP contribution in [0.5, 0.6) is 11.5 Å². The molecule has 0 spiro atoms. The molecule has 0 radical (unpaired) electrons. The summed E-state index contributed by atoms with van der Waals surface area (Å²) < 4.78 is 17.2. The van der Waals surface area contributed by atoms with E-state index in [1.165, 1.54) is 0 Å². The Morgan fingerprint density at radius 2 is 1.93 bits per heavy atom. The molecule has 1 saturated carbocycles. The highest BCUT2D eigenvalue weighted by molar-refractivity contribution is 6.40. The van der Waals surface area contributed by atoms with Crippen LogP contribution >= 0.6 is 23.2 Å². The molecule has 5 nitrogen and oxygen atoms in total. The van der Waals surface area contributed by atoms with Crippen LogP contribution < -0.4 is 14.8 Å². The van der Waals surface area contributed by atoms with Crippen LogP contribution in [0, 0.1) is 5.92 Å². The van der Waals surface area contributed by atoms with Crippen LogP contribution in [0.25, 0.3) is 0 Å². The first-order valence-corrected chi connectivity index (χ1v) is 9.52. The lowest BCUT2D eigenvalue weighted by Gasteiger charge is -2.24. The number of fused-ring (bicyclic) bond motifs is 2. The van der Waals surface area contributed by atoms with Crippen molar-refractivity contribution in [3.05, 3.63) is 52.0 Å². The molecule has 0 aromatic heterocycles. The number of hydrogen-bond acceptors (Lipinski definition) is 4. The number of nitrogens with one attached hydrogen (secondary N) is 1. The number of halogens is 2. The molecular weight excluding hydrogens is 389 g/mol. The Morgan fingerprint density at radius 3 is 2.56 bits per heavy atom. The summed E-state index contributed by atoms with van der Waals surface area (Å²) in [6.45, 7) is 0.808. The minimum absolute atomic E-state index is 0.0195. The summed E-state index contributed by atoms with van der Waals surface area (Å²) in [5.41, 5.74) is 0.802. The van der Waals surface area contributed by atoms with Crippen molar-refractivity contribution < 1.29 is 19.0 Å². The Morgan fingerprint density at radius 1 is 1.15 bits per heavy atom. The van der Waals surface area contributed by atoms with E-state index in [0.717, 1.165) is 19.4 Å². The second-order valence-electron chi connectivity index (χ2n) is 6.78. The summed E-state index contributed by atoms with van der Waals surface area (Å²) in [4.78, 5) is 12.7. The Kier molecular flexibility index (Phi) is 5.17. The number of carbonyl (C=O) groups excluding carboxylic acids is 1. The Bertz CT molecular complexity index is 853. The van der Waals surface area contributed by atoms with Crippen LogP contribution in [-0.4, -0.2) is 31.8 Å². The molecule has 1 N–H and O–H groups in total. The second kappa shape index (κ2) is 7.58. The van der Waals surface area contributed by atoms with Gasteiger partial charge in [0.2, 0.25) is 0 Å². The molecule has 4 rings (SSSR count). The van der Waals surface area contributed by atoms with Crippen LogP contribution in [0.4, 0.5) is 5.69 Å². The van der Waals surface area contributed by atoms with E-state index in [2.05, 4.69) is 5.32 Å². The third kappa shape index (κ3) is 3.72. The van der Waals surface area contributed by atoms with Gasteiger partial charge in [-0.15, -0.1) is 0 Å². The fourth-order valence-electron chi connectivity index (χ4n) is 3.63. The molecule has 1 amide bonds. The SMILES string of the molecule is COc1ccc(C(=O)Nc2c(Cl)cccc2Cl)cc1OC1CC2COC1C2. The van der Waals surface area contributed by atoms with Crippen molar-refractivity contribution >= 4 is 34.8 Å². The summed E-state index contributed by atoms with van der Waals surface area (Å²) in [5, 5.41) is 3.51. The Hall–Kier alpha value is -1.95. The van der Waals surface area contributed by atoms with Gasteiger partial charge in [-0.05, 0) is 49.1 Å². The summed E-state index contributed by atoms with van der Waals surface area (Å²) in [5.74, 6) is 1.32. The maximum atomic E-state index is 12.7. The summed E-state index contributed by atoms with van der Waals surface area (Å²) in [6, 6.07) is 10.1. The van der Waals surface area contributed by atoms with Crippen molar-refractivity contribution in [1.82, 2.24) is 0 Å². The molecule has 2 fully saturated rings. The Labute approximate surface area is 167 Å². The van der Waals surface area contributed by atoms with Gasteiger partial charge in [-0.1, -0.05) is 29.3 Å². The lowest BCUT2D eigenvalue weighted by atomic mass is 10.1. The molecule has 3 atom stereocenters. The van der Waals surface area contributed by atoms with E-state index < -0.39 is 0 Å². The second-order valence-corrected chi connectivity index (χ2v) is 7.60. The molecule has 142 valence electrons. The number of ether oxygens (including phenoxy) is 3. The molecule has 3 unspecified atom stereocenters. The zero-order chi connectivity index (χ0) is 19.0. The van der Waals surface area contributed by atoms with Crippen molar-refractivity contribution in [2.45, 2.75) is 25.0 Å². The minimum Gasteiger partial charge on any atom is -0.493 e. The first-order chi connectivity index (χ1) is 13.0. The van der Waals surface area contributed by atoms with E-state index >= 15 is 0 Å². The minimum atomic E-state index is -0.332. The van der Waals surface area contributed by atoms with Crippen LogP contribution in [0.15, 0.2) is 36.4 Å². The molecule has 2 aromatic rings. The van der Waals surface area contributed by atoms with Gasteiger partial charge < -0.3 is 19.5 Å². The summed E-state index contributed by atoms with van der Waals surface area (Å²) >= 11 is 12.3. The normalized spacial score (nSPS) is 23.3. The molecule has 2 aromatic carbocycles. The zero-order valence-corrected chi connectivity index (χ0v) is 16.2. The molecule has 1 heterocycles. The standard InChI is InChI=1S/C20H19Cl2NO4/c1-25-15-6-5-12(20(24)23-19-13(21)3-2-4-14(19)22)9-18(15)27-17-8-11-7-16(17)26-10-11/h2-6,9,11,16-17H,7-8,10H2,1H3,(H,23,24). The predicted molar refractivity (Wildman–Crippen MR) is 104 cm³/mol. The highest BCUT2D eigenvalue weighted by Crippen LogP contribution is 2.40. The third-order valence-corrected chi connectivity index (χ3v) is 5.63. The number of carbonyl (C=O) groups is 1. The number of anilines is 1. The van der Waals surface area contributed by atoms with Gasteiger partial charge in [0.1, 0.15) is 6.10 Å². The summed E-state index contributed by atoms with van der Waals surface area (Å²) in [6.07, 6.45) is 2.07. The average molecular weight is 408 g/mol. The summed E-state index contributed by atoms with van der Waals surface area (Å²) in [7, 11) is 1.57. The van der Waals surface area contributed by atoms with E-state index in [1.807, 2.05) is 0 Å². The van der Waals surface area contributed by atoms with Crippen LogP contribution in [0.1, 0.15) is 23.2 Å². The van der Waals surface area contributed by atoms with Crippen molar-refractivity contribution in [1.29, 1.82) is 0 Å². The van der Waals surface area contributed by atoms with E-state index in [1.54, 1.807) is 43.5 Å². The number of rotatable bonds is 5. The third-order valence-electron chi connectivity index (χ3n) is 5.00. The zero-order valence-electron chi connectivity index (χ0n) is 14.7. The number of methoxy groups -OCH3 is 1. The molecule has 27 heavy (non-hydrogen) atoms. The molecule has 1 aliphatic carbocycles. The van der Waals surface area contributed by atoms with Gasteiger partial charge in [-0.2, -0.15) is 0 Å². The van der Waals surface area contributed by atoms with Crippen molar-refractivity contribution in [3.63, 3.8) is 0 Å². The monoisotopic (exact) mass is 407 g/mol. The number of hydrogen-bond donors (Lipinski definition) is 1. The van der Waals surface area contributed by atoms with Crippen molar-refractivity contribution in [2.75, 3.05) is 19.0 Å². The van der Waals surface area contributed by atoms with Gasteiger partial charge in [0.25, 0.3) is 5.91 Å². The van der Waals surface area contributed by atoms with Gasteiger partial charge in [0.15, 0.2) is 11.5 Å². The fourth-order valence-corrected chi connectivity index (χ4v) is 4.12. The van der Waals surface area contributed by atoms with Crippen LogP contribution in [0.2, 0.25) is 10.0 Å². The van der Waals surface area contributed by atoms with Gasteiger partial charge in [-0.25, -0.2) is 0 Å². The number of amides is 1. The van der Waals surface area contributed by atoms with Gasteiger partial charge in [-0.3, -0.25) is 4.79 Å². The maximum absolute atomic E-state index is 12.7. The predicted octanol–water partition coefficient (Wildman–Crippen LogP) is 4.81. The van der Waals surface area contributed by atoms with Crippen LogP contribution in [0.3, 0.4) is 0 Å². The van der Waals surface area contributed by atoms with Crippen LogP contribution in [-0.2, 0) is 4.74 Å². The molecule has 1 saturated heterocycles. The molecule has 1 aliphatic heterocycles. The lowest BCUT2D eigenvalue weighted by molar-refractivity contribution is -0.0117. The maximum Gasteiger partial charge on any atom is 0.255 e. The number of para-hydroxylation sites is 1. The van der Waals surface area contributed by atoms with E-state index in [9.17, 15) is 4.79 Å². The molecule has 2 aliphatic rings. The van der Waals surface area contributed by atoms with Gasteiger partial charge in [0, 0.05) is 5.56 Å². The van der Waals surface area contributed by atoms with E-state index in [4.69, 9.17) is 37.4 Å².